The van der Waals surface area contributed by atoms with Crippen molar-refractivity contribution in [3.8, 4) is 17.2 Å². The van der Waals surface area contributed by atoms with E-state index in [-0.39, 0.29) is 5.91 Å². The lowest BCUT2D eigenvalue weighted by Crippen LogP contribution is -2.32. The monoisotopic (exact) mass is 371 g/mol. The minimum atomic E-state index is 0.0656. The van der Waals surface area contributed by atoms with Gasteiger partial charge in [-0.05, 0) is 42.3 Å². The Morgan fingerprint density at radius 2 is 2.04 bits per heavy atom. The number of amides is 1. The van der Waals surface area contributed by atoms with Gasteiger partial charge in [-0.1, -0.05) is 12.1 Å². The molecule has 2 aliphatic rings. The number of hydrogen-bond donors (Lipinski definition) is 0. The van der Waals surface area contributed by atoms with Crippen LogP contribution in [-0.2, 0) is 0 Å². The summed E-state index contributed by atoms with van der Waals surface area (Å²) in [5, 5.41) is 0.354. The first-order valence-corrected chi connectivity index (χ1v) is 9.74. The molecule has 0 radical (unpaired) electrons. The number of carbonyl (C=O) groups excluding carboxylic acids is 1. The fourth-order valence-corrected chi connectivity index (χ4v) is 4.51. The molecule has 4 rings (SSSR count). The minimum absolute atomic E-state index is 0.0656. The van der Waals surface area contributed by atoms with E-state index in [0.29, 0.717) is 23.4 Å². The zero-order valence-electron chi connectivity index (χ0n) is 14.6. The summed E-state index contributed by atoms with van der Waals surface area (Å²) in [6.07, 6.45) is 0.917. The van der Waals surface area contributed by atoms with E-state index in [1.807, 2.05) is 40.9 Å². The Kier molecular flexibility index (Phi) is 4.93. The van der Waals surface area contributed by atoms with E-state index in [0.717, 1.165) is 36.8 Å². The van der Waals surface area contributed by atoms with Gasteiger partial charge in [-0.25, -0.2) is 0 Å². The third-order valence-corrected chi connectivity index (χ3v) is 6.04. The maximum atomic E-state index is 12.8. The SMILES string of the molecule is COc1cccc(C(=O)N2CCSC(c3ccc4c(c3)OCO4)CC2)c1. The summed E-state index contributed by atoms with van der Waals surface area (Å²) in [6, 6.07) is 13.5. The number of hydrogen-bond acceptors (Lipinski definition) is 5. The van der Waals surface area contributed by atoms with Gasteiger partial charge >= 0.3 is 0 Å². The maximum Gasteiger partial charge on any atom is 0.254 e. The molecule has 0 aliphatic carbocycles. The zero-order chi connectivity index (χ0) is 17.9. The van der Waals surface area contributed by atoms with Crippen molar-refractivity contribution in [1.29, 1.82) is 0 Å². The van der Waals surface area contributed by atoms with Crippen LogP contribution in [0.25, 0.3) is 0 Å². The normalized spacial score (nSPS) is 19.1. The number of rotatable bonds is 3. The molecular formula is C20H21NO4S. The van der Waals surface area contributed by atoms with Gasteiger partial charge < -0.3 is 19.1 Å². The number of benzene rings is 2. The summed E-state index contributed by atoms with van der Waals surface area (Å²) < 4.78 is 16.1. The molecule has 2 aromatic carbocycles. The first-order chi connectivity index (χ1) is 12.7. The molecule has 1 unspecified atom stereocenters. The van der Waals surface area contributed by atoms with E-state index in [1.54, 1.807) is 13.2 Å². The molecule has 1 atom stereocenters. The van der Waals surface area contributed by atoms with Crippen molar-refractivity contribution in [2.75, 3.05) is 32.7 Å². The Morgan fingerprint density at radius 1 is 1.15 bits per heavy atom. The Hall–Kier alpha value is -2.34. The molecule has 0 aromatic heterocycles. The predicted octanol–water partition coefficient (Wildman–Crippen LogP) is 3.74. The Bertz CT molecular complexity index is 810. The molecule has 26 heavy (non-hydrogen) atoms. The van der Waals surface area contributed by atoms with Crippen molar-refractivity contribution in [1.82, 2.24) is 4.90 Å². The minimum Gasteiger partial charge on any atom is -0.497 e. The molecule has 1 fully saturated rings. The smallest absolute Gasteiger partial charge is 0.254 e. The molecule has 0 bridgehead atoms. The lowest BCUT2D eigenvalue weighted by atomic mass is 10.1. The van der Waals surface area contributed by atoms with Crippen LogP contribution in [0.4, 0.5) is 0 Å². The fraction of sp³-hybridized carbons (Fsp3) is 0.350. The molecule has 1 amide bonds. The summed E-state index contributed by atoms with van der Waals surface area (Å²) in [4.78, 5) is 14.8. The highest BCUT2D eigenvalue weighted by Gasteiger charge is 2.24. The van der Waals surface area contributed by atoms with Crippen LogP contribution in [0, 0.1) is 0 Å². The molecule has 0 N–H and O–H groups in total. The zero-order valence-corrected chi connectivity index (χ0v) is 15.5. The second kappa shape index (κ2) is 7.50. The van der Waals surface area contributed by atoms with E-state index in [9.17, 15) is 4.79 Å². The van der Waals surface area contributed by atoms with Crippen LogP contribution in [-0.4, -0.2) is 43.6 Å². The molecule has 2 aliphatic heterocycles. The summed E-state index contributed by atoms with van der Waals surface area (Å²) in [7, 11) is 1.61. The Balaban J connectivity index is 1.45. The van der Waals surface area contributed by atoms with E-state index in [4.69, 9.17) is 14.2 Å². The van der Waals surface area contributed by atoms with Crippen LogP contribution < -0.4 is 14.2 Å². The van der Waals surface area contributed by atoms with Gasteiger partial charge in [-0.15, -0.1) is 0 Å². The molecule has 0 saturated carbocycles. The molecule has 2 heterocycles. The average Bonchev–Trinajstić information content (AvgIpc) is 3.02. The standard InChI is InChI=1S/C20H21NO4S/c1-23-16-4-2-3-15(11-16)20(22)21-8-7-19(26-10-9-21)14-5-6-17-18(12-14)25-13-24-17/h2-6,11-12,19H,7-10,13H2,1H3. The van der Waals surface area contributed by atoms with E-state index < -0.39 is 0 Å². The third kappa shape index (κ3) is 3.46. The fourth-order valence-electron chi connectivity index (χ4n) is 3.29. The first-order valence-electron chi connectivity index (χ1n) is 8.69. The van der Waals surface area contributed by atoms with Crippen molar-refractivity contribution in [2.24, 2.45) is 0 Å². The van der Waals surface area contributed by atoms with E-state index in [2.05, 4.69) is 12.1 Å². The molecule has 0 spiro atoms. The van der Waals surface area contributed by atoms with Gasteiger partial charge in [0, 0.05) is 29.7 Å². The van der Waals surface area contributed by atoms with Crippen LogP contribution in [0.3, 0.4) is 0 Å². The number of carbonyl (C=O) groups is 1. The second-order valence-electron chi connectivity index (χ2n) is 6.28. The summed E-state index contributed by atoms with van der Waals surface area (Å²) in [6.45, 7) is 1.78. The van der Waals surface area contributed by atoms with Crippen molar-refractivity contribution < 1.29 is 19.0 Å². The Morgan fingerprint density at radius 3 is 2.92 bits per heavy atom. The quantitative estimate of drug-likeness (QED) is 0.822. The average molecular weight is 371 g/mol. The largest absolute Gasteiger partial charge is 0.497 e. The van der Waals surface area contributed by atoms with Crippen LogP contribution in [0.1, 0.15) is 27.6 Å². The van der Waals surface area contributed by atoms with Gasteiger partial charge in [0.1, 0.15) is 5.75 Å². The number of ether oxygens (including phenoxy) is 3. The van der Waals surface area contributed by atoms with E-state index >= 15 is 0 Å². The molecule has 6 heteroatoms. The summed E-state index contributed by atoms with van der Waals surface area (Å²) in [5.41, 5.74) is 1.91. The highest BCUT2D eigenvalue weighted by Crippen LogP contribution is 2.40. The molecule has 136 valence electrons. The van der Waals surface area contributed by atoms with Crippen molar-refractivity contribution in [3.05, 3.63) is 53.6 Å². The maximum absolute atomic E-state index is 12.8. The highest BCUT2D eigenvalue weighted by atomic mass is 32.2. The molecule has 1 saturated heterocycles. The van der Waals surface area contributed by atoms with Crippen LogP contribution in [0.2, 0.25) is 0 Å². The molecule has 5 nitrogen and oxygen atoms in total. The number of thioether (sulfide) groups is 1. The van der Waals surface area contributed by atoms with Gasteiger partial charge in [0.15, 0.2) is 11.5 Å². The van der Waals surface area contributed by atoms with Crippen LogP contribution >= 0.6 is 11.8 Å². The van der Waals surface area contributed by atoms with Crippen LogP contribution in [0.15, 0.2) is 42.5 Å². The Labute approximate surface area is 157 Å². The number of nitrogens with zero attached hydrogens (tertiary/aromatic N) is 1. The molecule has 2 aromatic rings. The summed E-state index contributed by atoms with van der Waals surface area (Å²) >= 11 is 1.89. The van der Waals surface area contributed by atoms with Gasteiger partial charge in [0.2, 0.25) is 6.79 Å². The second-order valence-corrected chi connectivity index (χ2v) is 7.60. The highest BCUT2D eigenvalue weighted by molar-refractivity contribution is 7.99. The first kappa shape index (κ1) is 17.1. The number of methoxy groups -OCH3 is 1. The lowest BCUT2D eigenvalue weighted by Gasteiger charge is -2.20. The third-order valence-electron chi connectivity index (χ3n) is 4.71. The topological polar surface area (TPSA) is 48.0 Å². The van der Waals surface area contributed by atoms with Gasteiger partial charge in [0.05, 0.1) is 7.11 Å². The van der Waals surface area contributed by atoms with Crippen molar-refractivity contribution in [2.45, 2.75) is 11.7 Å². The predicted molar refractivity (Wildman–Crippen MR) is 101 cm³/mol. The number of fused-ring (bicyclic) bond motifs is 1. The summed E-state index contributed by atoms with van der Waals surface area (Å²) in [5.74, 6) is 3.31. The van der Waals surface area contributed by atoms with E-state index in [1.165, 1.54) is 5.56 Å². The van der Waals surface area contributed by atoms with Crippen molar-refractivity contribution in [3.63, 3.8) is 0 Å². The lowest BCUT2D eigenvalue weighted by molar-refractivity contribution is 0.0766. The molecular weight excluding hydrogens is 350 g/mol. The van der Waals surface area contributed by atoms with Gasteiger partial charge in [0.25, 0.3) is 5.91 Å². The van der Waals surface area contributed by atoms with Gasteiger partial charge in [-0.3, -0.25) is 4.79 Å². The van der Waals surface area contributed by atoms with Crippen molar-refractivity contribution >= 4 is 17.7 Å². The van der Waals surface area contributed by atoms with Crippen LogP contribution in [0.5, 0.6) is 17.2 Å². The van der Waals surface area contributed by atoms with Gasteiger partial charge in [-0.2, -0.15) is 11.8 Å².